The van der Waals surface area contributed by atoms with Crippen molar-refractivity contribution in [2.75, 3.05) is 5.32 Å². The standard InChI is InChI=1S/C20H20FN3O3S/c1-15(25)23-18-7-9-20(10-8-18)28(26,27)22-13-19-6-3-11-24(19)14-16-4-2-5-17(21)12-16/h2-12,22H,13-14H2,1H3,(H,23,25). The van der Waals surface area contributed by atoms with Crippen LogP contribution < -0.4 is 10.0 Å². The molecule has 0 fully saturated rings. The fourth-order valence-electron chi connectivity index (χ4n) is 2.77. The van der Waals surface area contributed by atoms with E-state index in [1.807, 2.05) is 29.0 Å². The van der Waals surface area contributed by atoms with Crippen LogP contribution in [0.5, 0.6) is 0 Å². The third-order valence-electron chi connectivity index (χ3n) is 4.09. The van der Waals surface area contributed by atoms with Crippen LogP contribution in [0, 0.1) is 5.82 Å². The molecule has 0 atom stereocenters. The lowest BCUT2D eigenvalue weighted by Crippen LogP contribution is -2.24. The van der Waals surface area contributed by atoms with Gasteiger partial charge in [-0.05, 0) is 54.1 Å². The van der Waals surface area contributed by atoms with Gasteiger partial charge in [-0.25, -0.2) is 17.5 Å². The zero-order chi connectivity index (χ0) is 20.1. The number of anilines is 1. The summed E-state index contributed by atoms with van der Waals surface area (Å²) in [5.74, 6) is -0.539. The lowest BCUT2D eigenvalue weighted by atomic mass is 10.2. The highest BCUT2D eigenvalue weighted by Crippen LogP contribution is 2.15. The average molecular weight is 401 g/mol. The molecule has 0 bridgehead atoms. The zero-order valence-electron chi connectivity index (χ0n) is 15.2. The lowest BCUT2D eigenvalue weighted by molar-refractivity contribution is -0.114. The van der Waals surface area contributed by atoms with Gasteiger partial charge in [0.15, 0.2) is 0 Å². The van der Waals surface area contributed by atoms with Gasteiger partial charge in [-0.3, -0.25) is 4.79 Å². The number of nitrogens with one attached hydrogen (secondary N) is 2. The summed E-state index contributed by atoms with van der Waals surface area (Å²) in [5, 5.41) is 2.59. The minimum Gasteiger partial charge on any atom is -0.346 e. The number of nitrogens with zero attached hydrogens (tertiary/aromatic N) is 1. The van der Waals surface area contributed by atoms with E-state index in [4.69, 9.17) is 0 Å². The highest BCUT2D eigenvalue weighted by molar-refractivity contribution is 7.89. The van der Waals surface area contributed by atoms with Crippen molar-refractivity contribution < 1.29 is 17.6 Å². The van der Waals surface area contributed by atoms with Crippen LogP contribution in [0.4, 0.5) is 10.1 Å². The van der Waals surface area contributed by atoms with E-state index < -0.39 is 10.0 Å². The van der Waals surface area contributed by atoms with Gasteiger partial charge in [0.2, 0.25) is 15.9 Å². The Morgan fingerprint density at radius 3 is 2.50 bits per heavy atom. The second-order valence-corrected chi connectivity index (χ2v) is 8.05. The van der Waals surface area contributed by atoms with Crippen LogP contribution in [0.3, 0.4) is 0 Å². The molecule has 0 radical (unpaired) electrons. The molecule has 3 rings (SSSR count). The predicted molar refractivity (Wildman–Crippen MR) is 105 cm³/mol. The van der Waals surface area contributed by atoms with Crippen LogP contribution in [0.1, 0.15) is 18.2 Å². The minimum absolute atomic E-state index is 0.0953. The Morgan fingerprint density at radius 1 is 1.07 bits per heavy atom. The maximum absolute atomic E-state index is 13.4. The molecule has 0 aliphatic carbocycles. The molecule has 0 unspecified atom stereocenters. The van der Waals surface area contributed by atoms with Crippen molar-refractivity contribution in [2.24, 2.45) is 0 Å². The number of carbonyl (C=O) groups excluding carboxylic acids is 1. The Morgan fingerprint density at radius 2 is 1.82 bits per heavy atom. The van der Waals surface area contributed by atoms with Gasteiger partial charge in [0, 0.05) is 31.0 Å². The van der Waals surface area contributed by atoms with E-state index in [0.29, 0.717) is 12.2 Å². The predicted octanol–water partition coefficient (Wildman–Crippen LogP) is 3.11. The first-order chi connectivity index (χ1) is 13.3. The van der Waals surface area contributed by atoms with Crippen molar-refractivity contribution >= 4 is 21.6 Å². The third kappa shape index (κ3) is 5.05. The topological polar surface area (TPSA) is 80.2 Å². The van der Waals surface area contributed by atoms with E-state index in [1.54, 1.807) is 6.07 Å². The summed E-state index contributed by atoms with van der Waals surface area (Å²) in [5.41, 5.74) is 2.06. The summed E-state index contributed by atoms with van der Waals surface area (Å²) in [4.78, 5) is 11.1. The van der Waals surface area contributed by atoms with Gasteiger partial charge >= 0.3 is 0 Å². The Bertz CT molecular complexity index is 1080. The fourth-order valence-corrected chi connectivity index (χ4v) is 3.77. The van der Waals surface area contributed by atoms with Crippen LogP contribution in [0.2, 0.25) is 0 Å². The molecule has 1 amide bonds. The first-order valence-electron chi connectivity index (χ1n) is 8.59. The van der Waals surface area contributed by atoms with E-state index in [9.17, 15) is 17.6 Å². The lowest BCUT2D eigenvalue weighted by Gasteiger charge is -2.11. The molecule has 0 saturated heterocycles. The number of carbonyl (C=O) groups is 1. The smallest absolute Gasteiger partial charge is 0.240 e. The monoisotopic (exact) mass is 401 g/mol. The van der Waals surface area contributed by atoms with Crippen LogP contribution in [-0.4, -0.2) is 18.9 Å². The van der Waals surface area contributed by atoms with Crippen molar-refractivity contribution in [3.8, 4) is 0 Å². The van der Waals surface area contributed by atoms with Crippen LogP contribution in [0.25, 0.3) is 0 Å². The highest BCUT2D eigenvalue weighted by Gasteiger charge is 2.15. The van der Waals surface area contributed by atoms with E-state index in [2.05, 4.69) is 10.0 Å². The zero-order valence-corrected chi connectivity index (χ0v) is 16.0. The van der Waals surface area contributed by atoms with Gasteiger partial charge in [0.1, 0.15) is 5.82 Å². The van der Waals surface area contributed by atoms with Gasteiger partial charge in [0.05, 0.1) is 11.4 Å². The molecule has 28 heavy (non-hydrogen) atoms. The maximum atomic E-state index is 13.4. The van der Waals surface area contributed by atoms with Crippen LogP contribution in [0.15, 0.2) is 71.8 Å². The number of rotatable bonds is 7. The first-order valence-corrected chi connectivity index (χ1v) is 10.1. The Labute approximate surface area is 163 Å². The van der Waals surface area contributed by atoms with Gasteiger partial charge < -0.3 is 9.88 Å². The Hall–Kier alpha value is -2.97. The molecular weight excluding hydrogens is 381 g/mol. The fraction of sp³-hybridized carbons (Fsp3) is 0.150. The summed E-state index contributed by atoms with van der Waals surface area (Å²) in [7, 11) is -3.71. The van der Waals surface area contributed by atoms with Crippen molar-refractivity contribution in [3.63, 3.8) is 0 Å². The van der Waals surface area contributed by atoms with Crippen molar-refractivity contribution in [1.29, 1.82) is 0 Å². The maximum Gasteiger partial charge on any atom is 0.240 e. The molecule has 2 aromatic carbocycles. The molecule has 0 aliphatic heterocycles. The van der Waals surface area contributed by atoms with E-state index >= 15 is 0 Å². The molecule has 0 saturated carbocycles. The summed E-state index contributed by atoms with van der Waals surface area (Å²) >= 11 is 0. The first kappa shape index (κ1) is 19.8. The van der Waals surface area contributed by atoms with E-state index in [1.165, 1.54) is 43.3 Å². The molecule has 2 N–H and O–H groups in total. The molecule has 0 aliphatic rings. The Kier molecular flexibility index (Phi) is 5.91. The van der Waals surface area contributed by atoms with Crippen molar-refractivity contribution in [2.45, 2.75) is 24.9 Å². The van der Waals surface area contributed by atoms with Crippen LogP contribution >= 0.6 is 0 Å². The molecule has 8 heteroatoms. The summed E-state index contributed by atoms with van der Waals surface area (Å²) in [6, 6.07) is 15.8. The molecule has 1 heterocycles. The quantitative estimate of drug-likeness (QED) is 0.638. The van der Waals surface area contributed by atoms with Gasteiger partial charge in [-0.15, -0.1) is 0 Å². The molecule has 146 valence electrons. The second-order valence-electron chi connectivity index (χ2n) is 6.29. The molecule has 3 aromatic rings. The molecular formula is C20H20FN3O3S. The summed E-state index contributed by atoms with van der Waals surface area (Å²) in [6.45, 7) is 1.91. The molecule has 0 spiro atoms. The second kappa shape index (κ2) is 8.37. The normalized spacial score (nSPS) is 11.4. The third-order valence-corrected chi connectivity index (χ3v) is 5.51. The number of halogens is 1. The number of amides is 1. The summed E-state index contributed by atoms with van der Waals surface area (Å²) < 4.78 is 42.8. The van der Waals surface area contributed by atoms with Crippen molar-refractivity contribution in [1.82, 2.24) is 9.29 Å². The Balaban J connectivity index is 1.68. The number of hydrogen-bond acceptors (Lipinski definition) is 3. The van der Waals surface area contributed by atoms with Gasteiger partial charge in [-0.1, -0.05) is 12.1 Å². The van der Waals surface area contributed by atoms with Crippen LogP contribution in [-0.2, 0) is 27.9 Å². The summed E-state index contributed by atoms with van der Waals surface area (Å²) in [6.07, 6.45) is 1.82. The SMILES string of the molecule is CC(=O)Nc1ccc(S(=O)(=O)NCc2cccn2Cc2cccc(F)c2)cc1. The molecule has 1 aromatic heterocycles. The largest absolute Gasteiger partial charge is 0.346 e. The number of sulfonamides is 1. The van der Waals surface area contributed by atoms with Gasteiger partial charge in [0.25, 0.3) is 0 Å². The highest BCUT2D eigenvalue weighted by atomic mass is 32.2. The van der Waals surface area contributed by atoms with Crippen molar-refractivity contribution in [3.05, 3.63) is 83.9 Å². The number of benzene rings is 2. The molecule has 6 nitrogen and oxygen atoms in total. The number of hydrogen-bond donors (Lipinski definition) is 2. The van der Waals surface area contributed by atoms with E-state index in [-0.39, 0.29) is 23.2 Å². The minimum atomic E-state index is -3.71. The van der Waals surface area contributed by atoms with E-state index in [0.717, 1.165) is 11.3 Å². The number of aromatic nitrogens is 1. The average Bonchev–Trinajstić information content (AvgIpc) is 3.07. The van der Waals surface area contributed by atoms with Gasteiger partial charge in [-0.2, -0.15) is 0 Å².